The van der Waals surface area contributed by atoms with Crippen molar-refractivity contribution in [1.29, 1.82) is 0 Å². The molecule has 0 bridgehead atoms. The average molecular weight is 361 g/mol. The highest BCUT2D eigenvalue weighted by Crippen LogP contribution is 2.10. The summed E-state index contributed by atoms with van der Waals surface area (Å²) in [5.74, 6) is -0.0212. The molecule has 1 aromatic carbocycles. The van der Waals surface area contributed by atoms with Gasteiger partial charge >= 0.3 is 0 Å². The number of carbonyl (C=O) groups is 1. The average Bonchev–Trinajstić information content (AvgIpc) is 2.91. The number of aryl methyl sites for hydroxylation is 2. The van der Waals surface area contributed by atoms with Crippen LogP contribution in [-0.2, 0) is 6.54 Å². The summed E-state index contributed by atoms with van der Waals surface area (Å²) < 4.78 is 1.98. The minimum Gasteiger partial charge on any atom is -0.348 e. The van der Waals surface area contributed by atoms with E-state index in [2.05, 4.69) is 34.8 Å². The normalized spacial score (nSPS) is 13.8. The van der Waals surface area contributed by atoms with Gasteiger partial charge in [-0.05, 0) is 50.6 Å². The molecule has 0 unspecified atom stereocenters. The summed E-state index contributed by atoms with van der Waals surface area (Å²) in [6, 6.07) is 9.82. The van der Waals surface area contributed by atoms with Gasteiger partial charge in [-0.3, -0.25) is 9.48 Å². The molecule has 3 rings (SSSR count). The number of hydrogen-bond donors (Lipinski definition) is 2. The molecule has 1 aliphatic rings. The van der Waals surface area contributed by atoms with Crippen molar-refractivity contribution in [2.24, 2.45) is 0 Å². The quantitative estimate of drug-likeness (QED) is 0.806. The Labute approximate surface area is 154 Å². The van der Waals surface area contributed by atoms with E-state index < -0.39 is 0 Å². The number of carbonyl (C=O) groups excluding carboxylic acids is 1. The van der Waals surface area contributed by atoms with Gasteiger partial charge in [0.2, 0.25) is 0 Å². The third kappa shape index (κ3) is 5.18. The minimum atomic E-state index is -0.0212. The Hall–Kier alpha value is -2.11. The van der Waals surface area contributed by atoms with Gasteiger partial charge in [0.05, 0.1) is 12.2 Å². The first-order valence-corrected chi connectivity index (χ1v) is 8.38. The SMILES string of the molecule is Cc1cc(C)n(Cc2ccc(C(=O)NCC3=CCNCC3)cc2)n1.Cl. The van der Waals surface area contributed by atoms with E-state index in [9.17, 15) is 4.79 Å². The number of amides is 1. The van der Waals surface area contributed by atoms with Gasteiger partial charge in [0.25, 0.3) is 5.91 Å². The van der Waals surface area contributed by atoms with Gasteiger partial charge < -0.3 is 10.6 Å². The highest BCUT2D eigenvalue weighted by molar-refractivity contribution is 5.94. The van der Waals surface area contributed by atoms with Gasteiger partial charge in [0.1, 0.15) is 0 Å². The Kier molecular flexibility index (Phi) is 6.79. The van der Waals surface area contributed by atoms with Crippen LogP contribution in [0.1, 0.15) is 33.7 Å². The van der Waals surface area contributed by atoms with Crippen LogP contribution in [0.25, 0.3) is 0 Å². The van der Waals surface area contributed by atoms with Crippen molar-refractivity contribution in [3.63, 3.8) is 0 Å². The number of benzene rings is 1. The Balaban J connectivity index is 0.00000225. The maximum atomic E-state index is 12.2. The van der Waals surface area contributed by atoms with Crippen molar-refractivity contribution in [1.82, 2.24) is 20.4 Å². The van der Waals surface area contributed by atoms with Gasteiger partial charge in [0, 0.05) is 24.3 Å². The lowest BCUT2D eigenvalue weighted by atomic mass is 10.1. The molecule has 0 spiro atoms. The first-order chi connectivity index (χ1) is 11.6. The summed E-state index contributed by atoms with van der Waals surface area (Å²) in [4.78, 5) is 12.2. The van der Waals surface area contributed by atoms with E-state index >= 15 is 0 Å². The second-order valence-corrected chi connectivity index (χ2v) is 6.28. The van der Waals surface area contributed by atoms with Crippen molar-refractivity contribution in [3.8, 4) is 0 Å². The smallest absolute Gasteiger partial charge is 0.251 e. The van der Waals surface area contributed by atoms with Crippen LogP contribution < -0.4 is 10.6 Å². The van der Waals surface area contributed by atoms with Gasteiger partial charge in [-0.15, -0.1) is 12.4 Å². The summed E-state index contributed by atoms with van der Waals surface area (Å²) in [6.07, 6.45) is 3.16. The lowest BCUT2D eigenvalue weighted by molar-refractivity contribution is 0.0956. The number of aromatic nitrogens is 2. The Morgan fingerprint density at radius 3 is 2.64 bits per heavy atom. The third-order valence-electron chi connectivity index (χ3n) is 4.29. The molecule has 2 N–H and O–H groups in total. The molecule has 0 fully saturated rings. The number of hydrogen-bond acceptors (Lipinski definition) is 3. The minimum absolute atomic E-state index is 0. The largest absolute Gasteiger partial charge is 0.348 e. The zero-order valence-electron chi connectivity index (χ0n) is 14.7. The Morgan fingerprint density at radius 1 is 1.28 bits per heavy atom. The lowest BCUT2D eigenvalue weighted by Gasteiger charge is -2.14. The molecule has 1 aliphatic heterocycles. The van der Waals surface area contributed by atoms with E-state index in [0.717, 1.165) is 43.0 Å². The second kappa shape index (κ2) is 8.83. The molecule has 1 amide bonds. The van der Waals surface area contributed by atoms with E-state index in [1.54, 1.807) is 0 Å². The van der Waals surface area contributed by atoms with Crippen molar-refractivity contribution in [2.45, 2.75) is 26.8 Å². The summed E-state index contributed by atoms with van der Waals surface area (Å²) in [7, 11) is 0. The molecular weight excluding hydrogens is 336 g/mol. The van der Waals surface area contributed by atoms with Crippen LogP contribution in [0, 0.1) is 13.8 Å². The van der Waals surface area contributed by atoms with Crippen LogP contribution >= 0.6 is 12.4 Å². The van der Waals surface area contributed by atoms with Crippen LogP contribution in [0.5, 0.6) is 0 Å². The zero-order valence-corrected chi connectivity index (χ0v) is 15.5. The fraction of sp³-hybridized carbons (Fsp3) is 0.368. The van der Waals surface area contributed by atoms with Crippen molar-refractivity contribution >= 4 is 18.3 Å². The molecular formula is C19H25ClN4O. The monoisotopic (exact) mass is 360 g/mol. The summed E-state index contributed by atoms with van der Waals surface area (Å²) in [5.41, 5.74) is 5.30. The van der Waals surface area contributed by atoms with Crippen molar-refractivity contribution in [3.05, 3.63) is 64.5 Å². The van der Waals surface area contributed by atoms with Gasteiger partial charge in [-0.1, -0.05) is 23.8 Å². The first-order valence-electron chi connectivity index (χ1n) is 8.38. The molecule has 5 nitrogen and oxygen atoms in total. The number of nitrogens with zero attached hydrogens (tertiary/aromatic N) is 2. The molecule has 6 heteroatoms. The van der Waals surface area contributed by atoms with Gasteiger partial charge in [-0.25, -0.2) is 0 Å². The lowest BCUT2D eigenvalue weighted by Crippen LogP contribution is -2.29. The molecule has 1 aromatic heterocycles. The van der Waals surface area contributed by atoms with Gasteiger partial charge in [0.15, 0.2) is 0 Å². The van der Waals surface area contributed by atoms with Crippen molar-refractivity contribution in [2.75, 3.05) is 19.6 Å². The van der Waals surface area contributed by atoms with Crippen LogP contribution in [0.2, 0.25) is 0 Å². The highest BCUT2D eigenvalue weighted by atomic mass is 35.5. The van der Waals surface area contributed by atoms with Crippen LogP contribution in [0.15, 0.2) is 42.0 Å². The van der Waals surface area contributed by atoms with E-state index in [-0.39, 0.29) is 18.3 Å². The van der Waals surface area contributed by atoms with Crippen LogP contribution in [0.3, 0.4) is 0 Å². The molecule has 0 radical (unpaired) electrons. The van der Waals surface area contributed by atoms with Crippen LogP contribution in [-0.4, -0.2) is 35.3 Å². The molecule has 134 valence electrons. The summed E-state index contributed by atoms with van der Waals surface area (Å²) >= 11 is 0. The summed E-state index contributed by atoms with van der Waals surface area (Å²) in [6.45, 7) is 7.29. The van der Waals surface area contributed by atoms with Gasteiger partial charge in [-0.2, -0.15) is 5.10 Å². The Morgan fingerprint density at radius 2 is 2.04 bits per heavy atom. The molecule has 0 atom stereocenters. The van der Waals surface area contributed by atoms with Crippen molar-refractivity contribution < 1.29 is 4.79 Å². The Bertz CT molecular complexity index is 749. The molecule has 0 saturated heterocycles. The number of halogens is 1. The topological polar surface area (TPSA) is 59.0 Å². The molecule has 2 heterocycles. The molecule has 25 heavy (non-hydrogen) atoms. The standard InChI is InChI=1S/C19H24N4O.ClH/c1-14-11-15(2)23(22-14)13-17-3-5-18(6-4-17)19(24)21-12-16-7-9-20-10-8-16;/h3-7,11,20H,8-10,12-13H2,1-2H3,(H,21,24);1H. The summed E-state index contributed by atoms with van der Waals surface area (Å²) in [5, 5.41) is 10.7. The predicted octanol–water partition coefficient (Wildman–Crippen LogP) is 2.62. The third-order valence-corrected chi connectivity index (χ3v) is 4.29. The van der Waals surface area contributed by atoms with E-state index in [0.29, 0.717) is 12.1 Å². The maximum Gasteiger partial charge on any atom is 0.251 e. The molecule has 0 aliphatic carbocycles. The van der Waals surface area contributed by atoms with Crippen LogP contribution in [0.4, 0.5) is 0 Å². The van der Waals surface area contributed by atoms with E-state index in [1.165, 1.54) is 5.57 Å². The highest BCUT2D eigenvalue weighted by Gasteiger charge is 2.08. The fourth-order valence-corrected chi connectivity index (χ4v) is 2.90. The maximum absolute atomic E-state index is 12.2. The number of nitrogens with one attached hydrogen (secondary N) is 2. The first kappa shape index (κ1) is 19.2. The fourth-order valence-electron chi connectivity index (χ4n) is 2.90. The molecule has 2 aromatic rings. The predicted molar refractivity (Wildman–Crippen MR) is 102 cm³/mol. The molecule has 0 saturated carbocycles. The van der Waals surface area contributed by atoms with E-state index in [1.807, 2.05) is 35.9 Å². The zero-order chi connectivity index (χ0) is 16.9. The number of rotatable bonds is 5. The van der Waals surface area contributed by atoms with E-state index in [4.69, 9.17) is 0 Å². The second-order valence-electron chi connectivity index (χ2n) is 6.28.